The second-order valence-electron chi connectivity index (χ2n) is 6.26. The van der Waals surface area contributed by atoms with Crippen LogP contribution in [0.5, 0.6) is 5.75 Å². The number of aromatic nitrogens is 1. The molecule has 2 aliphatic heterocycles. The first-order valence-electron chi connectivity index (χ1n) is 8.51. The van der Waals surface area contributed by atoms with Gasteiger partial charge in [-0.05, 0) is 38.1 Å². The highest BCUT2D eigenvalue weighted by Gasteiger charge is 2.29. The van der Waals surface area contributed by atoms with Gasteiger partial charge in [0.1, 0.15) is 12.4 Å². The molecule has 24 heavy (non-hydrogen) atoms. The van der Waals surface area contributed by atoms with E-state index in [4.69, 9.17) is 9.26 Å². The van der Waals surface area contributed by atoms with Crippen molar-refractivity contribution in [3.63, 3.8) is 0 Å². The summed E-state index contributed by atoms with van der Waals surface area (Å²) < 4.78 is 11.2. The second-order valence-corrected chi connectivity index (χ2v) is 6.26. The Kier molecular flexibility index (Phi) is 3.98. The van der Waals surface area contributed by atoms with E-state index in [0.717, 1.165) is 36.4 Å². The van der Waals surface area contributed by atoms with Gasteiger partial charge in [-0.15, -0.1) is 0 Å². The van der Waals surface area contributed by atoms with Crippen LogP contribution in [-0.2, 0) is 6.61 Å². The number of ether oxygens (including phenoxy) is 1. The average molecular weight is 327 g/mol. The second kappa shape index (κ2) is 6.28. The van der Waals surface area contributed by atoms with Crippen molar-refractivity contribution in [3.8, 4) is 17.1 Å². The van der Waals surface area contributed by atoms with Gasteiger partial charge < -0.3 is 14.6 Å². The minimum absolute atomic E-state index is 0.189. The number of nitrogens with zero attached hydrogens (tertiary/aromatic N) is 2. The van der Waals surface area contributed by atoms with Crippen LogP contribution in [0, 0.1) is 0 Å². The first-order chi connectivity index (χ1) is 11.8. The van der Waals surface area contributed by atoms with Crippen LogP contribution in [0.1, 0.15) is 35.8 Å². The predicted molar refractivity (Wildman–Crippen MR) is 88.9 cm³/mol. The molecule has 1 amide bonds. The van der Waals surface area contributed by atoms with Gasteiger partial charge in [0.15, 0.2) is 11.5 Å². The highest BCUT2D eigenvalue weighted by molar-refractivity contribution is 5.95. The van der Waals surface area contributed by atoms with Gasteiger partial charge >= 0.3 is 0 Å². The van der Waals surface area contributed by atoms with Crippen LogP contribution in [0.4, 0.5) is 0 Å². The zero-order valence-corrected chi connectivity index (χ0v) is 13.7. The standard InChI is InChI=1S/C18H21N3O3/c1-2-21-9-5-6-12(21)10-19-18(22)16-14-11-23-15-8-4-3-7-13(15)17(14)24-20-16/h3-4,7-8,12H,2,5-6,9-11H2,1H3,(H,19,22). The molecule has 6 heteroatoms. The number of carbonyl (C=O) groups excluding carboxylic acids is 1. The third-order valence-corrected chi connectivity index (χ3v) is 4.91. The van der Waals surface area contributed by atoms with Crippen LogP contribution in [0.2, 0.25) is 0 Å². The minimum atomic E-state index is -0.189. The maximum Gasteiger partial charge on any atom is 0.273 e. The Hall–Kier alpha value is -2.34. The van der Waals surface area contributed by atoms with Gasteiger partial charge in [0, 0.05) is 12.6 Å². The Bertz CT molecular complexity index is 756. The molecule has 4 rings (SSSR count). The fourth-order valence-corrected chi connectivity index (χ4v) is 3.60. The molecule has 2 aliphatic rings. The Morgan fingerprint density at radius 2 is 2.29 bits per heavy atom. The molecule has 126 valence electrons. The lowest BCUT2D eigenvalue weighted by molar-refractivity contribution is 0.0930. The largest absolute Gasteiger partial charge is 0.488 e. The van der Waals surface area contributed by atoms with Crippen molar-refractivity contribution < 1.29 is 14.1 Å². The Morgan fingerprint density at radius 3 is 3.17 bits per heavy atom. The molecule has 1 N–H and O–H groups in total. The molecule has 1 unspecified atom stereocenters. The Morgan fingerprint density at radius 1 is 1.42 bits per heavy atom. The number of hydrogen-bond donors (Lipinski definition) is 1. The van der Waals surface area contributed by atoms with E-state index < -0.39 is 0 Å². The lowest BCUT2D eigenvalue weighted by Gasteiger charge is -2.22. The molecule has 3 heterocycles. The summed E-state index contributed by atoms with van der Waals surface area (Å²) in [5.41, 5.74) is 1.91. The summed E-state index contributed by atoms with van der Waals surface area (Å²) in [4.78, 5) is 14.9. The summed E-state index contributed by atoms with van der Waals surface area (Å²) in [5, 5.41) is 7.01. The molecular formula is C18H21N3O3. The van der Waals surface area contributed by atoms with Crippen molar-refractivity contribution in [3.05, 3.63) is 35.5 Å². The Balaban J connectivity index is 1.50. The molecule has 0 bridgehead atoms. The molecule has 0 radical (unpaired) electrons. The minimum Gasteiger partial charge on any atom is -0.488 e. The number of para-hydroxylation sites is 1. The van der Waals surface area contributed by atoms with E-state index in [9.17, 15) is 4.79 Å². The molecule has 2 aromatic rings. The number of carbonyl (C=O) groups is 1. The molecule has 1 atom stereocenters. The van der Waals surface area contributed by atoms with Crippen LogP contribution in [0.15, 0.2) is 28.8 Å². The fourth-order valence-electron chi connectivity index (χ4n) is 3.60. The number of rotatable bonds is 4. The number of amides is 1. The third kappa shape index (κ3) is 2.57. The van der Waals surface area contributed by atoms with Crippen molar-refractivity contribution in [1.82, 2.24) is 15.4 Å². The first-order valence-corrected chi connectivity index (χ1v) is 8.51. The van der Waals surface area contributed by atoms with Gasteiger partial charge in [0.25, 0.3) is 5.91 Å². The van der Waals surface area contributed by atoms with E-state index >= 15 is 0 Å². The number of likely N-dealkylation sites (N-methyl/N-ethyl adjacent to an activating group) is 1. The van der Waals surface area contributed by atoms with E-state index in [2.05, 4.69) is 22.3 Å². The molecule has 1 aromatic carbocycles. The van der Waals surface area contributed by atoms with Crippen LogP contribution >= 0.6 is 0 Å². The fraction of sp³-hybridized carbons (Fsp3) is 0.444. The van der Waals surface area contributed by atoms with Gasteiger partial charge in [-0.1, -0.05) is 24.2 Å². The van der Waals surface area contributed by atoms with E-state index in [0.29, 0.717) is 30.6 Å². The van der Waals surface area contributed by atoms with Crippen molar-refractivity contribution in [1.29, 1.82) is 0 Å². The smallest absolute Gasteiger partial charge is 0.273 e. The number of hydrogen-bond acceptors (Lipinski definition) is 5. The molecule has 0 saturated carbocycles. The van der Waals surface area contributed by atoms with Crippen molar-refractivity contribution in [2.75, 3.05) is 19.6 Å². The van der Waals surface area contributed by atoms with Crippen molar-refractivity contribution in [2.24, 2.45) is 0 Å². The third-order valence-electron chi connectivity index (χ3n) is 4.91. The van der Waals surface area contributed by atoms with Crippen molar-refractivity contribution >= 4 is 5.91 Å². The number of fused-ring (bicyclic) bond motifs is 3. The van der Waals surface area contributed by atoms with Gasteiger partial charge in [-0.25, -0.2) is 0 Å². The van der Waals surface area contributed by atoms with Gasteiger partial charge in [0.05, 0.1) is 11.1 Å². The van der Waals surface area contributed by atoms with E-state index in [1.54, 1.807) is 0 Å². The zero-order valence-electron chi connectivity index (χ0n) is 13.7. The normalized spacial score (nSPS) is 19.5. The lowest BCUT2D eigenvalue weighted by atomic mass is 10.0. The average Bonchev–Trinajstić information content (AvgIpc) is 3.26. The summed E-state index contributed by atoms with van der Waals surface area (Å²) in [5.74, 6) is 1.21. The lowest BCUT2D eigenvalue weighted by Crippen LogP contribution is -2.40. The van der Waals surface area contributed by atoms with Gasteiger partial charge in [-0.3, -0.25) is 9.69 Å². The van der Waals surface area contributed by atoms with Crippen LogP contribution in [0.25, 0.3) is 11.3 Å². The van der Waals surface area contributed by atoms with Crippen molar-refractivity contribution in [2.45, 2.75) is 32.4 Å². The predicted octanol–water partition coefficient (Wildman–Crippen LogP) is 2.45. The summed E-state index contributed by atoms with van der Waals surface area (Å²) in [7, 11) is 0. The van der Waals surface area contributed by atoms with Gasteiger partial charge in [0.2, 0.25) is 0 Å². The maximum atomic E-state index is 12.5. The summed E-state index contributed by atoms with van der Waals surface area (Å²) in [6.45, 7) is 5.24. The molecule has 0 aliphatic carbocycles. The van der Waals surface area contributed by atoms with E-state index in [-0.39, 0.29) is 5.91 Å². The molecule has 0 spiro atoms. The molecule has 1 saturated heterocycles. The van der Waals surface area contributed by atoms with Crippen LogP contribution < -0.4 is 10.1 Å². The molecule has 1 aromatic heterocycles. The highest BCUT2D eigenvalue weighted by Crippen LogP contribution is 2.38. The summed E-state index contributed by atoms with van der Waals surface area (Å²) in [6, 6.07) is 8.05. The molecule has 6 nitrogen and oxygen atoms in total. The van der Waals surface area contributed by atoms with Crippen LogP contribution in [-0.4, -0.2) is 41.6 Å². The Labute approximate surface area is 140 Å². The summed E-state index contributed by atoms with van der Waals surface area (Å²) in [6.07, 6.45) is 2.32. The molecular weight excluding hydrogens is 306 g/mol. The summed E-state index contributed by atoms with van der Waals surface area (Å²) >= 11 is 0. The quantitative estimate of drug-likeness (QED) is 0.934. The number of likely N-dealkylation sites (tertiary alicyclic amines) is 1. The topological polar surface area (TPSA) is 67.6 Å². The van der Waals surface area contributed by atoms with E-state index in [1.807, 2.05) is 24.3 Å². The van der Waals surface area contributed by atoms with Crippen LogP contribution in [0.3, 0.4) is 0 Å². The zero-order chi connectivity index (χ0) is 16.5. The van der Waals surface area contributed by atoms with Gasteiger partial charge in [-0.2, -0.15) is 0 Å². The molecule has 1 fully saturated rings. The van der Waals surface area contributed by atoms with E-state index in [1.165, 1.54) is 6.42 Å². The SMILES string of the molecule is CCN1CCCC1CNC(=O)c1noc2c1COc1ccccc1-2. The highest BCUT2D eigenvalue weighted by atomic mass is 16.5. The number of nitrogens with one attached hydrogen (secondary N) is 1. The maximum absolute atomic E-state index is 12.5. The number of benzene rings is 1. The first kappa shape index (κ1) is 15.2. The monoisotopic (exact) mass is 327 g/mol.